The molecule has 1 amide bonds. The molecule has 1 saturated heterocycles. The zero-order valence-electron chi connectivity index (χ0n) is 16.3. The Kier molecular flexibility index (Phi) is 4.61. The Balaban J connectivity index is 1.61. The van der Waals surface area contributed by atoms with Crippen LogP contribution in [0, 0.1) is 0 Å². The molecule has 1 unspecified atom stereocenters. The van der Waals surface area contributed by atoms with Gasteiger partial charge >= 0.3 is 6.18 Å². The third kappa shape index (κ3) is 3.83. The van der Waals surface area contributed by atoms with Crippen LogP contribution >= 0.6 is 0 Å². The summed E-state index contributed by atoms with van der Waals surface area (Å²) in [6, 6.07) is 12.5. The number of halogens is 3. The highest BCUT2D eigenvalue weighted by atomic mass is 19.4. The highest BCUT2D eigenvalue weighted by Gasteiger charge is 2.50. The number of amides is 1. The molecule has 1 fully saturated rings. The van der Waals surface area contributed by atoms with Gasteiger partial charge in [-0.2, -0.15) is 13.2 Å². The summed E-state index contributed by atoms with van der Waals surface area (Å²) in [5.41, 5.74) is -0.356. The van der Waals surface area contributed by atoms with Crippen molar-refractivity contribution in [2.75, 3.05) is 13.2 Å². The molecule has 29 heavy (non-hydrogen) atoms. The Morgan fingerprint density at radius 2 is 1.76 bits per heavy atom. The molecule has 2 heterocycles. The molecule has 4 nitrogen and oxygen atoms in total. The van der Waals surface area contributed by atoms with Crippen molar-refractivity contribution in [3.8, 4) is 5.75 Å². The van der Waals surface area contributed by atoms with Crippen LogP contribution in [-0.2, 0) is 27.9 Å². The van der Waals surface area contributed by atoms with Gasteiger partial charge in [0, 0.05) is 18.5 Å². The molecular weight excluding hydrogens is 383 g/mol. The summed E-state index contributed by atoms with van der Waals surface area (Å²) < 4.78 is 50.6. The van der Waals surface area contributed by atoms with Gasteiger partial charge in [0.1, 0.15) is 23.6 Å². The molecule has 0 aromatic heterocycles. The van der Waals surface area contributed by atoms with E-state index in [4.69, 9.17) is 9.47 Å². The molecule has 0 N–H and O–H groups in total. The molecule has 4 rings (SSSR count). The quantitative estimate of drug-likeness (QED) is 0.738. The first-order valence-electron chi connectivity index (χ1n) is 9.44. The van der Waals surface area contributed by atoms with E-state index in [9.17, 15) is 18.0 Å². The van der Waals surface area contributed by atoms with Crippen LogP contribution in [0.25, 0.3) is 0 Å². The third-order valence-corrected chi connectivity index (χ3v) is 5.40. The normalized spacial score (nSPS) is 23.6. The van der Waals surface area contributed by atoms with Crippen LogP contribution in [0.1, 0.15) is 37.0 Å². The summed E-state index contributed by atoms with van der Waals surface area (Å²) in [7, 11) is 0. The first kappa shape index (κ1) is 19.8. The Hall–Kier alpha value is -2.54. The zero-order valence-corrected chi connectivity index (χ0v) is 16.3. The number of alkyl halides is 3. The molecule has 154 valence electrons. The second-order valence-electron chi connectivity index (χ2n) is 8.26. The number of fused-ring (bicyclic) bond motifs is 2. The minimum Gasteiger partial charge on any atom is -0.487 e. The molecule has 1 spiro atoms. The number of carbonyl (C=O) groups excluding carboxylic acids is 1. The minimum atomic E-state index is -4.38. The van der Waals surface area contributed by atoms with E-state index in [1.54, 1.807) is 4.90 Å². The summed E-state index contributed by atoms with van der Waals surface area (Å²) in [4.78, 5) is 14.2. The molecule has 2 aromatic carbocycles. The van der Waals surface area contributed by atoms with Crippen molar-refractivity contribution in [2.24, 2.45) is 0 Å². The molecule has 1 atom stereocenters. The van der Waals surface area contributed by atoms with E-state index < -0.39 is 22.9 Å². The Morgan fingerprint density at radius 1 is 1.07 bits per heavy atom. The van der Waals surface area contributed by atoms with Crippen LogP contribution in [0.4, 0.5) is 13.2 Å². The van der Waals surface area contributed by atoms with Crippen molar-refractivity contribution in [1.82, 2.24) is 4.90 Å². The van der Waals surface area contributed by atoms with E-state index in [2.05, 4.69) is 0 Å². The van der Waals surface area contributed by atoms with Gasteiger partial charge in [-0.1, -0.05) is 30.3 Å². The number of rotatable bonds is 2. The van der Waals surface area contributed by atoms with Gasteiger partial charge < -0.3 is 14.4 Å². The summed E-state index contributed by atoms with van der Waals surface area (Å²) >= 11 is 0. The molecule has 0 aliphatic carbocycles. The van der Waals surface area contributed by atoms with E-state index in [-0.39, 0.29) is 19.1 Å². The Morgan fingerprint density at radius 3 is 2.45 bits per heavy atom. The SMILES string of the molecule is CC1(C)CC2(CN(Cc3ccc(C(F)(F)F)cc3)C(=O)CO2)c2ccccc2O1. The fourth-order valence-electron chi connectivity index (χ4n) is 4.22. The number of morpholine rings is 1. The van der Waals surface area contributed by atoms with E-state index in [0.29, 0.717) is 18.5 Å². The van der Waals surface area contributed by atoms with E-state index >= 15 is 0 Å². The van der Waals surface area contributed by atoms with Gasteiger partial charge in [-0.15, -0.1) is 0 Å². The first-order chi connectivity index (χ1) is 13.6. The van der Waals surface area contributed by atoms with Crippen LogP contribution in [-0.4, -0.2) is 29.6 Å². The summed E-state index contributed by atoms with van der Waals surface area (Å²) in [6.07, 6.45) is -3.82. The Bertz CT molecular complexity index is 924. The van der Waals surface area contributed by atoms with Crippen LogP contribution in [0.3, 0.4) is 0 Å². The van der Waals surface area contributed by atoms with Crippen molar-refractivity contribution >= 4 is 5.91 Å². The molecule has 2 aliphatic heterocycles. The first-order valence-corrected chi connectivity index (χ1v) is 9.44. The molecule has 7 heteroatoms. The molecule has 0 saturated carbocycles. The topological polar surface area (TPSA) is 38.8 Å². The highest BCUT2D eigenvalue weighted by Crippen LogP contribution is 2.47. The number of benzene rings is 2. The van der Waals surface area contributed by atoms with Crippen LogP contribution in [0.15, 0.2) is 48.5 Å². The molecule has 2 aromatic rings. The smallest absolute Gasteiger partial charge is 0.416 e. The zero-order chi connectivity index (χ0) is 20.9. The second kappa shape index (κ2) is 6.76. The predicted octanol–water partition coefficient (Wildman–Crippen LogP) is 4.52. The monoisotopic (exact) mass is 405 g/mol. The lowest BCUT2D eigenvalue weighted by Crippen LogP contribution is -2.57. The van der Waals surface area contributed by atoms with Gasteiger partial charge in [-0.05, 0) is 37.6 Å². The second-order valence-corrected chi connectivity index (χ2v) is 8.26. The number of ether oxygens (including phenoxy) is 2. The Labute approximate surface area is 167 Å². The summed E-state index contributed by atoms with van der Waals surface area (Å²) in [5.74, 6) is 0.546. The van der Waals surface area contributed by atoms with Crippen LogP contribution < -0.4 is 4.74 Å². The lowest BCUT2D eigenvalue weighted by molar-refractivity contribution is -0.181. The van der Waals surface area contributed by atoms with Gasteiger partial charge in [0.05, 0.1) is 12.1 Å². The van der Waals surface area contributed by atoms with Gasteiger partial charge in [0.25, 0.3) is 0 Å². The van der Waals surface area contributed by atoms with Gasteiger partial charge in [0.2, 0.25) is 5.91 Å². The number of para-hydroxylation sites is 1. The maximum absolute atomic E-state index is 12.8. The van der Waals surface area contributed by atoms with Crippen molar-refractivity contribution in [1.29, 1.82) is 0 Å². The third-order valence-electron chi connectivity index (χ3n) is 5.40. The van der Waals surface area contributed by atoms with Crippen LogP contribution in [0.5, 0.6) is 5.75 Å². The summed E-state index contributed by atoms with van der Waals surface area (Å²) in [6.45, 7) is 4.42. The average molecular weight is 405 g/mol. The average Bonchev–Trinajstić information content (AvgIpc) is 2.64. The molecular formula is C22H22F3NO3. The largest absolute Gasteiger partial charge is 0.487 e. The number of nitrogens with zero attached hydrogens (tertiary/aromatic N) is 1. The van der Waals surface area contributed by atoms with Crippen molar-refractivity contribution in [3.05, 3.63) is 65.2 Å². The number of hydrogen-bond donors (Lipinski definition) is 0. The van der Waals surface area contributed by atoms with Crippen molar-refractivity contribution in [2.45, 2.75) is 44.2 Å². The van der Waals surface area contributed by atoms with E-state index in [1.807, 2.05) is 38.1 Å². The van der Waals surface area contributed by atoms with E-state index in [1.165, 1.54) is 12.1 Å². The van der Waals surface area contributed by atoms with E-state index in [0.717, 1.165) is 23.4 Å². The highest BCUT2D eigenvalue weighted by molar-refractivity contribution is 5.78. The molecule has 0 bridgehead atoms. The maximum Gasteiger partial charge on any atom is 0.416 e. The van der Waals surface area contributed by atoms with Crippen molar-refractivity contribution < 1.29 is 27.4 Å². The van der Waals surface area contributed by atoms with Crippen molar-refractivity contribution in [3.63, 3.8) is 0 Å². The predicted molar refractivity (Wildman–Crippen MR) is 100 cm³/mol. The van der Waals surface area contributed by atoms with Gasteiger partial charge in [0.15, 0.2) is 0 Å². The standard InChI is InChI=1S/C22H22F3NO3/c1-20(2)13-21(17-5-3-4-6-18(17)29-20)14-26(19(27)12-28-21)11-15-7-9-16(10-8-15)22(23,24)25/h3-10H,11-14H2,1-2H3. The molecule has 2 aliphatic rings. The fourth-order valence-corrected chi connectivity index (χ4v) is 4.22. The van der Waals surface area contributed by atoms with Crippen LogP contribution in [0.2, 0.25) is 0 Å². The fraction of sp³-hybridized carbons (Fsp3) is 0.409. The maximum atomic E-state index is 12.8. The molecule has 0 radical (unpaired) electrons. The van der Waals surface area contributed by atoms with Gasteiger partial charge in [-0.25, -0.2) is 0 Å². The number of hydrogen-bond acceptors (Lipinski definition) is 3. The lowest BCUT2D eigenvalue weighted by atomic mass is 9.79. The van der Waals surface area contributed by atoms with Gasteiger partial charge in [-0.3, -0.25) is 4.79 Å². The number of carbonyl (C=O) groups is 1. The minimum absolute atomic E-state index is 0.0783. The lowest BCUT2D eigenvalue weighted by Gasteiger charge is -2.49. The summed E-state index contributed by atoms with van der Waals surface area (Å²) in [5, 5.41) is 0.